The highest BCUT2D eigenvalue weighted by atomic mass is 32.1. The first kappa shape index (κ1) is 15.6. The van der Waals surface area contributed by atoms with Crippen molar-refractivity contribution in [2.45, 2.75) is 26.9 Å². The molecule has 0 saturated heterocycles. The molecule has 0 fully saturated rings. The number of likely N-dealkylation sites (N-methyl/N-ethyl adjacent to an activating group) is 1. The van der Waals surface area contributed by atoms with E-state index in [1.54, 1.807) is 18.9 Å². The molecule has 1 unspecified atom stereocenters. The van der Waals surface area contributed by atoms with Gasteiger partial charge in [0.25, 0.3) is 0 Å². The zero-order valence-corrected chi connectivity index (χ0v) is 12.5. The van der Waals surface area contributed by atoms with Gasteiger partial charge in [-0.1, -0.05) is 0 Å². The summed E-state index contributed by atoms with van der Waals surface area (Å²) in [6, 6.07) is 2.12. The van der Waals surface area contributed by atoms with Crippen LogP contribution in [0.25, 0.3) is 0 Å². The Labute approximate surface area is 117 Å². The van der Waals surface area contributed by atoms with Crippen molar-refractivity contribution in [3.8, 4) is 6.07 Å². The first-order valence-corrected chi connectivity index (χ1v) is 6.83. The molecule has 0 aliphatic heterocycles. The molecule has 1 aromatic rings. The minimum Gasteiger partial charge on any atom is -0.392 e. The molecule has 0 aromatic carbocycles. The Hall–Kier alpha value is -1.42. The second-order valence-electron chi connectivity index (χ2n) is 4.69. The number of anilines is 1. The fourth-order valence-electron chi connectivity index (χ4n) is 1.78. The molecule has 104 valence electrons. The lowest BCUT2D eigenvalue weighted by molar-refractivity contribution is -0.117. The van der Waals surface area contributed by atoms with E-state index in [0.29, 0.717) is 17.1 Å². The van der Waals surface area contributed by atoms with Crippen LogP contribution in [-0.2, 0) is 4.79 Å². The predicted octanol–water partition coefficient (Wildman–Crippen LogP) is 1.49. The first-order chi connectivity index (χ1) is 8.85. The van der Waals surface area contributed by atoms with Crippen LogP contribution in [0, 0.1) is 25.2 Å². The normalized spacial score (nSPS) is 12.3. The maximum Gasteiger partial charge on any atom is 0.239 e. The summed E-state index contributed by atoms with van der Waals surface area (Å²) in [4.78, 5) is 14.6. The van der Waals surface area contributed by atoms with Gasteiger partial charge in [-0.15, -0.1) is 11.3 Å². The minimum absolute atomic E-state index is 0.180. The second-order valence-corrected chi connectivity index (χ2v) is 5.92. The number of hydrogen-bond donors (Lipinski definition) is 2. The second kappa shape index (κ2) is 6.66. The molecule has 2 N–H and O–H groups in total. The third-order valence-corrected chi connectivity index (χ3v) is 3.86. The van der Waals surface area contributed by atoms with Gasteiger partial charge in [0, 0.05) is 11.4 Å². The van der Waals surface area contributed by atoms with Crippen molar-refractivity contribution >= 4 is 22.2 Å². The van der Waals surface area contributed by atoms with E-state index < -0.39 is 6.10 Å². The average Bonchev–Trinajstić information content (AvgIpc) is 2.52. The van der Waals surface area contributed by atoms with Crippen LogP contribution in [0.4, 0.5) is 5.00 Å². The maximum atomic E-state index is 11.9. The highest BCUT2D eigenvalue weighted by Crippen LogP contribution is 2.31. The Morgan fingerprint density at radius 3 is 2.74 bits per heavy atom. The van der Waals surface area contributed by atoms with Gasteiger partial charge >= 0.3 is 0 Å². The number of carbonyl (C=O) groups is 1. The number of hydrogen-bond acceptors (Lipinski definition) is 5. The van der Waals surface area contributed by atoms with E-state index in [-0.39, 0.29) is 12.5 Å². The molecule has 5 nitrogen and oxygen atoms in total. The van der Waals surface area contributed by atoms with Gasteiger partial charge in [0.1, 0.15) is 11.1 Å². The molecular weight excluding hydrogens is 262 g/mol. The van der Waals surface area contributed by atoms with Crippen LogP contribution < -0.4 is 5.32 Å². The van der Waals surface area contributed by atoms with Gasteiger partial charge in [-0.2, -0.15) is 5.26 Å². The highest BCUT2D eigenvalue weighted by molar-refractivity contribution is 7.16. The van der Waals surface area contributed by atoms with Gasteiger partial charge in [0.2, 0.25) is 5.91 Å². The van der Waals surface area contributed by atoms with Crippen molar-refractivity contribution in [1.82, 2.24) is 4.90 Å². The van der Waals surface area contributed by atoms with Gasteiger partial charge < -0.3 is 10.4 Å². The lowest BCUT2D eigenvalue weighted by atomic mass is 10.2. The molecule has 6 heteroatoms. The first-order valence-electron chi connectivity index (χ1n) is 6.01. The van der Waals surface area contributed by atoms with Crippen molar-refractivity contribution < 1.29 is 9.90 Å². The van der Waals surface area contributed by atoms with E-state index >= 15 is 0 Å². The number of nitrogens with zero attached hydrogens (tertiary/aromatic N) is 2. The molecule has 1 aromatic heterocycles. The number of thiophene rings is 1. The van der Waals surface area contributed by atoms with Crippen LogP contribution in [-0.4, -0.2) is 42.2 Å². The van der Waals surface area contributed by atoms with E-state index in [1.807, 2.05) is 13.8 Å². The molecule has 1 atom stereocenters. The maximum absolute atomic E-state index is 11.9. The summed E-state index contributed by atoms with van der Waals surface area (Å²) < 4.78 is 0. The lowest BCUT2D eigenvalue weighted by Crippen LogP contribution is -2.34. The summed E-state index contributed by atoms with van der Waals surface area (Å²) in [5.74, 6) is -0.180. The highest BCUT2D eigenvalue weighted by Gasteiger charge is 2.15. The van der Waals surface area contributed by atoms with Crippen molar-refractivity contribution in [1.29, 1.82) is 5.26 Å². The Kier molecular flexibility index (Phi) is 5.48. The minimum atomic E-state index is -0.473. The predicted molar refractivity (Wildman–Crippen MR) is 76.3 cm³/mol. The standard InChI is InChI=1S/C13H19N3O2S/c1-8(17)6-16(4)7-12(18)15-13-11(5-14)9(2)10(3)19-13/h8,17H,6-7H2,1-4H3,(H,15,18). The molecule has 0 bridgehead atoms. The molecular formula is C13H19N3O2S. The number of aliphatic hydroxyl groups is 1. The zero-order chi connectivity index (χ0) is 14.6. The molecule has 0 aliphatic rings. The summed E-state index contributed by atoms with van der Waals surface area (Å²) in [5.41, 5.74) is 1.45. The monoisotopic (exact) mass is 281 g/mol. The number of amides is 1. The van der Waals surface area contributed by atoms with E-state index in [2.05, 4.69) is 11.4 Å². The molecule has 0 saturated carbocycles. The third-order valence-electron chi connectivity index (χ3n) is 2.74. The van der Waals surface area contributed by atoms with E-state index in [1.165, 1.54) is 11.3 Å². The summed E-state index contributed by atoms with van der Waals surface area (Å²) in [7, 11) is 1.77. The summed E-state index contributed by atoms with van der Waals surface area (Å²) >= 11 is 1.41. The zero-order valence-electron chi connectivity index (χ0n) is 11.6. The lowest BCUT2D eigenvalue weighted by Gasteiger charge is -2.17. The van der Waals surface area contributed by atoms with Gasteiger partial charge in [-0.05, 0) is 33.4 Å². The Morgan fingerprint density at radius 2 is 2.21 bits per heavy atom. The molecule has 1 rings (SSSR count). The van der Waals surface area contributed by atoms with Crippen molar-refractivity contribution in [2.24, 2.45) is 0 Å². The Bertz CT molecular complexity index is 503. The largest absolute Gasteiger partial charge is 0.392 e. The molecule has 0 radical (unpaired) electrons. The number of nitriles is 1. The summed E-state index contributed by atoms with van der Waals surface area (Å²) in [5, 5.41) is 21.7. The number of carbonyl (C=O) groups excluding carboxylic acids is 1. The van der Waals surface area contributed by atoms with Crippen molar-refractivity contribution in [3.63, 3.8) is 0 Å². The van der Waals surface area contributed by atoms with E-state index in [4.69, 9.17) is 5.26 Å². The number of rotatable bonds is 5. The molecule has 1 heterocycles. The van der Waals surface area contributed by atoms with E-state index in [9.17, 15) is 9.90 Å². The van der Waals surface area contributed by atoms with Gasteiger partial charge in [0.05, 0.1) is 18.2 Å². The van der Waals surface area contributed by atoms with Gasteiger partial charge in [-0.25, -0.2) is 0 Å². The quantitative estimate of drug-likeness (QED) is 0.857. The number of nitrogens with one attached hydrogen (secondary N) is 1. The fourth-order valence-corrected chi connectivity index (χ4v) is 2.80. The fraction of sp³-hybridized carbons (Fsp3) is 0.538. The van der Waals surface area contributed by atoms with Crippen LogP contribution in [0.5, 0.6) is 0 Å². The molecule has 0 spiro atoms. The third kappa shape index (κ3) is 4.31. The Balaban J connectivity index is 2.68. The average molecular weight is 281 g/mol. The molecule has 1 amide bonds. The van der Waals surface area contributed by atoms with Crippen molar-refractivity contribution in [2.75, 3.05) is 25.5 Å². The summed E-state index contributed by atoms with van der Waals surface area (Å²) in [6.45, 7) is 6.09. The van der Waals surface area contributed by atoms with Crippen LogP contribution >= 0.6 is 11.3 Å². The Morgan fingerprint density at radius 1 is 1.58 bits per heavy atom. The van der Waals surface area contributed by atoms with Crippen molar-refractivity contribution in [3.05, 3.63) is 16.0 Å². The van der Waals surface area contributed by atoms with Crippen LogP contribution in [0.1, 0.15) is 22.9 Å². The van der Waals surface area contributed by atoms with Crippen LogP contribution in [0.3, 0.4) is 0 Å². The number of aliphatic hydroxyl groups excluding tert-OH is 1. The SMILES string of the molecule is Cc1sc(NC(=O)CN(C)CC(C)O)c(C#N)c1C. The van der Waals surface area contributed by atoms with Crippen LogP contribution in [0.15, 0.2) is 0 Å². The topological polar surface area (TPSA) is 76.4 Å². The molecule has 19 heavy (non-hydrogen) atoms. The van der Waals surface area contributed by atoms with Crippen LogP contribution in [0.2, 0.25) is 0 Å². The van der Waals surface area contributed by atoms with Gasteiger partial charge in [-0.3, -0.25) is 9.69 Å². The molecule has 0 aliphatic carbocycles. The smallest absolute Gasteiger partial charge is 0.239 e. The van der Waals surface area contributed by atoms with Gasteiger partial charge in [0.15, 0.2) is 0 Å². The number of aryl methyl sites for hydroxylation is 1. The van der Waals surface area contributed by atoms with E-state index in [0.717, 1.165) is 10.4 Å². The summed E-state index contributed by atoms with van der Waals surface area (Å²) in [6.07, 6.45) is -0.473.